The minimum Gasteiger partial charge on any atom is -0.493 e. The second-order valence-electron chi connectivity index (χ2n) is 7.97. The standard InChI is InChI=1S/C19H27N3O2/c1-22-10-15-9-20-12-19(15,13-22)17(23)21-11-18(7-8-18)14-24-16-5-3-2-4-6-16/h2-6,15,20H,7-14H2,1H3,(H,21,23)/t15-,19-/m1/s1. The van der Waals surface area contributed by atoms with E-state index in [2.05, 4.69) is 22.6 Å². The maximum Gasteiger partial charge on any atom is 0.229 e. The number of ether oxygens (including phenoxy) is 1. The Morgan fingerprint density at radius 1 is 1.38 bits per heavy atom. The van der Waals surface area contributed by atoms with Crippen LogP contribution >= 0.6 is 0 Å². The molecule has 3 aliphatic rings. The molecular formula is C19H27N3O2. The third-order valence-corrected chi connectivity index (χ3v) is 6.02. The van der Waals surface area contributed by atoms with Crippen LogP contribution in [-0.2, 0) is 4.79 Å². The van der Waals surface area contributed by atoms with Crippen molar-refractivity contribution in [3.8, 4) is 5.75 Å². The molecule has 5 nitrogen and oxygen atoms in total. The number of rotatable bonds is 6. The number of carbonyl (C=O) groups excluding carboxylic acids is 1. The summed E-state index contributed by atoms with van der Waals surface area (Å²) in [4.78, 5) is 15.2. The molecule has 2 saturated heterocycles. The van der Waals surface area contributed by atoms with Crippen molar-refractivity contribution < 1.29 is 9.53 Å². The van der Waals surface area contributed by atoms with Gasteiger partial charge in [0.2, 0.25) is 5.91 Å². The van der Waals surface area contributed by atoms with E-state index in [9.17, 15) is 4.79 Å². The number of nitrogens with one attached hydrogen (secondary N) is 2. The summed E-state index contributed by atoms with van der Waals surface area (Å²) < 4.78 is 5.92. The lowest BCUT2D eigenvalue weighted by Crippen LogP contribution is -2.49. The Balaban J connectivity index is 1.32. The van der Waals surface area contributed by atoms with Gasteiger partial charge >= 0.3 is 0 Å². The van der Waals surface area contributed by atoms with Crippen LogP contribution in [0.1, 0.15) is 12.8 Å². The molecule has 1 aromatic carbocycles. The molecule has 1 amide bonds. The third kappa shape index (κ3) is 2.91. The summed E-state index contributed by atoms with van der Waals surface area (Å²) in [5.74, 6) is 1.58. The zero-order valence-corrected chi connectivity index (χ0v) is 14.4. The molecule has 2 atom stereocenters. The Hall–Kier alpha value is -1.59. The maximum absolute atomic E-state index is 12.9. The number of benzene rings is 1. The normalized spacial score (nSPS) is 30.8. The molecule has 1 aliphatic carbocycles. The highest BCUT2D eigenvalue weighted by atomic mass is 16.5. The Labute approximate surface area is 143 Å². The van der Waals surface area contributed by atoms with Crippen LogP contribution in [0.2, 0.25) is 0 Å². The van der Waals surface area contributed by atoms with Crippen LogP contribution in [0.5, 0.6) is 5.75 Å². The van der Waals surface area contributed by atoms with E-state index in [1.165, 1.54) is 0 Å². The van der Waals surface area contributed by atoms with Gasteiger partial charge in [0.1, 0.15) is 5.75 Å². The zero-order valence-electron chi connectivity index (χ0n) is 14.4. The Morgan fingerprint density at radius 3 is 2.92 bits per heavy atom. The summed E-state index contributed by atoms with van der Waals surface area (Å²) in [6, 6.07) is 9.93. The molecule has 0 radical (unpaired) electrons. The zero-order chi connectivity index (χ0) is 16.6. The third-order valence-electron chi connectivity index (χ3n) is 6.02. The first-order chi connectivity index (χ1) is 11.6. The van der Waals surface area contributed by atoms with Gasteiger partial charge in [-0.15, -0.1) is 0 Å². The van der Waals surface area contributed by atoms with Crippen molar-refractivity contribution in [1.29, 1.82) is 0 Å². The molecule has 3 fully saturated rings. The molecule has 24 heavy (non-hydrogen) atoms. The van der Waals surface area contributed by atoms with Crippen LogP contribution < -0.4 is 15.4 Å². The Kier molecular flexibility index (Phi) is 4.01. The van der Waals surface area contributed by atoms with E-state index >= 15 is 0 Å². The van der Waals surface area contributed by atoms with Gasteiger partial charge in [-0.2, -0.15) is 0 Å². The van der Waals surface area contributed by atoms with E-state index in [-0.39, 0.29) is 16.7 Å². The number of hydrogen-bond acceptors (Lipinski definition) is 4. The summed E-state index contributed by atoms with van der Waals surface area (Å²) in [6.07, 6.45) is 2.27. The Morgan fingerprint density at radius 2 is 2.17 bits per heavy atom. The largest absolute Gasteiger partial charge is 0.493 e. The SMILES string of the molecule is CN1C[C@H]2CNC[C@@]2(C(=O)NCC2(COc3ccccc3)CC2)C1. The second kappa shape index (κ2) is 6.05. The number of hydrogen-bond donors (Lipinski definition) is 2. The molecule has 2 heterocycles. The lowest BCUT2D eigenvalue weighted by Gasteiger charge is -2.28. The van der Waals surface area contributed by atoms with Gasteiger partial charge in [0.05, 0.1) is 12.0 Å². The lowest BCUT2D eigenvalue weighted by atomic mass is 9.80. The van der Waals surface area contributed by atoms with Crippen molar-refractivity contribution in [3.05, 3.63) is 30.3 Å². The van der Waals surface area contributed by atoms with Crippen LogP contribution in [-0.4, -0.2) is 57.2 Å². The van der Waals surface area contributed by atoms with Gasteiger partial charge in [0.25, 0.3) is 0 Å². The van der Waals surface area contributed by atoms with Crippen LogP contribution in [0.15, 0.2) is 30.3 Å². The lowest BCUT2D eigenvalue weighted by molar-refractivity contribution is -0.131. The highest BCUT2D eigenvalue weighted by Crippen LogP contribution is 2.46. The molecule has 2 N–H and O–H groups in total. The maximum atomic E-state index is 12.9. The predicted octanol–water partition coefficient (Wildman–Crippen LogP) is 1.11. The van der Waals surface area contributed by atoms with Crippen LogP contribution in [0.4, 0.5) is 0 Å². The first-order valence-corrected chi connectivity index (χ1v) is 8.97. The first kappa shape index (κ1) is 15.9. The highest BCUT2D eigenvalue weighted by Gasteiger charge is 2.54. The summed E-state index contributed by atoms with van der Waals surface area (Å²) in [6.45, 7) is 5.07. The molecule has 130 valence electrons. The predicted molar refractivity (Wildman–Crippen MR) is 92.9 cm³/mol. The van der Waals surface area contributed by atoms with E-state index in [0.717, 1.165) is 51.3 Å². The smallest absolute Gasteiger partial charge is 0.229 e. The van der Waals surface area contributed by atoms with Crippen LogP contribution in [0, 0.1) is 16.7 Å². The van der Waals surface area contributed by atoms with Crippen LogP contribution in [0.3, 0.4) is 0 Å². The quantitative estimate of drug-likeness (QED) is 0.821. The Bertz CT molecular complexity index is 602. The number of amides is 1. The molecule has 0 spiro atoms. The van der Waals surface area contributed by atoms with E-state index in [4.69, 9.17) is 4.74 Å². The topological polar surface area (TPSA) is 53.6 Å². The van der Waals surface area contributed by atoms with Gasteiger partial charge < -0.3 is 20.3 Å². The molecule has 1 saturated carbocycles. The fraction of sp³-hybridized carbons (Fsp3) is 0.632. The number of likely N-dealkylation sites (tertiary alicyclic amines) is 1. The van der Waals surface area contributed by atoms with Crippen molar-refractivity contribution in [3.63, 3.8) is 0 Å². The van der Waals surface area contributed by atoms with Gasteiger partial charge in [0, 0.05) is 44.1 Å². The molecule has 2 aliphatic heterocycles. The number of para-hydroxylation sites is 1. The number of fused-ring (bicyclic) bond motifs is 1. The number of nitrogens with zero attached hydrogens (tertiary/aromatic N) is 1. The van der Waals surface area contributed by atoms with Crippen molar-refractivity contribution in [2.75, 3.05) is 46.4 Å². The molecule has 1 aromatic rings. The number of carbonyl (C=O) groups is 1. The summed E-state index contributed by atoms with van der Waals surface area (Å²) in [5.41, 5.74) is -0.0979. The second-order valence-corrected chi connectivity index (χ2v) is 7.97. The minimum absolute atomic E-state index is 0.133. The molecule has 0 unspecified atom stereocenters. The fourth-order valence-electron chi connectivity index (χ4n) is 4.24. The van der Waals surface area contributed by atoms with Gasteiger partial charge in [-0.1, -0.05) is 18.2 Å². The van der Waals surface area contributed by atoms with Crippen LogP contribution in [0.25, 0.3) is 0 Å². The van der Waals surface area contributed by atoms with Crippen molar-refractivity contribution in [2.45, 2.75) is 12.8 Å². The highest BCUT2D eigenvalue weighted by molar-refractivity contribution is 5.84. The molecule has 0 bridgehead atoms. The molecule has 5 heteroatoms. The van der Waals surface area contributed by atoms with E-state index in [0.29, 0.717) is 12.5 Å². The van der Waals surface area contributed by atoms with Gasteiger partial charge in [-0.3, -0.25) is 4.79 Å². The van der Waals surface area contributed by atoms with Gasteiger partial charge in [-0.05, 0) is 32.0 Å². The van der Waals surface area contributed by atoms with Crippen molar-refractivity contribution >= 4 is 5.91 Å². The van der Waals surface area contributed by atoms with Crippen molar-refractivity contribution in [1.82, 2.24) is 15.5 Å². The minimum atomic E-state index is -0.231. The van der Waals surface area contributed by atoms with E-state index in [1.54, 1.807) is 0 Å². The van der Waals surface area contributed by atoms with Gasteiger partial charge in [0.15, 0.2) is 0 Å². The van der Waals surface area contributed by atoms with E-state index < -0.39 is 0 Å². The van der Waals surface area contributed by atoms with Crippen molar-refractivity contribution in [2.24, 2.45) is 16.7 Å². The summed E-state index contributed by atoms with van der Waals surface area (Å²) >= 11 is 0. The molecule has 0 aromatic heterocycles. The fourth-order valence-corrected chi connectivity index (χ4v) is 4.24. The molecular weight excluding hydrogens is 302 g/mol. The van der Waals surface area contributed by atoms with Gasteiger partial charge in [-0.25, -0.2) is 0 Å². The average molecular weight is 329 g/mol. The monoisotopic (exact) mass is 329 g/mol. The average Bonchev–Trinajstić information content (AvgIpc) is 3.14. The molecule has 4 rings (SSSR count). The summed E-state index contributed by atoms with van der Waals surface area (Å²) in [7, 11) is 2.11. The summed E-state index contributed by atoms with van der Waals surface area (Å²) in [5, 5.41) is 6.67. The van der Waals surface area contributed by atoms with E-state index in [1.807, 2.05) is 30.3 Å². The first-order valence-electron chi connectivity index (χ1n) is 8.97.